The summed E-state index contributed by atoms with van der Waals surface area (Å²) in [4.78, 5) is 27.1. The molecule has 148 valence electrons. The lowest BCUT2D eigenvalue weighted by atomic mass is 10.2. The molecule has 0 atom stereocenters. The van der Waals surface area contributed by atoms with Crippen LogP contribution in [0.5, 0.6) is 0 Å². The molecule has 0 aliphatic rings. The molecule has 3 rings (SSSR count). The second-order valence-corrected chi connectivity index (χ2v) is 5.97. The van der Waals surface area contributed by atoms with E-state index < -0.39 is 0 Å². The van der Waals surface area contributed by atoms with Crippen LogP contribution in [0.2, 0.25) is 0 Å². The molecule has 3 aromatic rings. The Balaban J connectivity index is 1.65. The van der Waals surface area contributed by atoms with Gasteiger partial charge in [0.25, 0.3) is 0 Å². The molecule has 1 heterocycles. The highest BCUT2D eigenvalue weighted by atomic mass is 16.5. The molecule has 0 saturated carbocycles. The SMILES string of the molecule is CCOC(=O)c1ccc(Nc2nncc(Nc3ccc(NC(C)=O)cc3)n2)cc1. The first-order valence-corrected chi connectivity index (χ1v) is 8.92. The number of rotatable bonds is 7. The molecule has 1 aromatic heterocycles. The van der Waals surface area contributed by atoms with E-state index in [0.717, 1.165) is 5.69 Å². The molecule has 0 unspecified atom stereocenters. The second kappa shape index (κ2) is 9.27. The third-order valence-corrected chi connectivity index (χ3v) is 3.69. The van der Waals surface area contributed by atoms with E-state index in [4.69, 9.17) is 4.74 Å². The van der Waals surface area contributed by atoms with E-state index in [1.807, 2.05) is 12.1 Å². The number of hydrogen-bond acceptors (Lipinski definition) is 8. The van der Waals surface area contributed by atoms with E-state index in [1.165, 1.54) is 13.1 Å². The third kappa shape index (κ3) is 5.73. The van der Waals surface area contributed by atoms with E-state index in [9.17, 15) is 9.59 Å². The Labute approximate surface area is 167 Å². The highest BCUT2D eigenvalue weighted by molar-refractivity contribution is 5.90. The first kappa shape index (κ1) is 19.7. The van der Waals surface area contributed by atoms with E-state index >= 15 is 0 Å². The van der Waals surface area contributed by atoms with Crippen LogP contribution < -0.4 is 16.0 Å². The van der Waals surface area contributed by atoms with Gasteiger partial charge in [-0.1, -0.05) is 0 Å². The molecule has 9 nitrogen and oxygen atoms in total. The number of aromatic nitrogens is 3. The molecule has 0 fully saturated rings. The monoisotopic (exact) mass is 392 g/mol. The Hall–Kier alpha value is -4.01. The zero-order valence-electron chi connectivity index (χ0n) is 16.0. The van der Waals surface area contributed by atoms with Crippen LogP contribution in [-0.2, 0) is 9.53 Å². The van der Waals surface area contributed by atoms with Crippen LogP contribution in [0.25, 0.3) is 0 Å². The maximum Gasteiger partial charge on any atom is 0.338 e. The molecule has 29 heavy (non-hydrogen) atoms. The molecule has 2 aromatic carbocycles. The smallest absolute Gasteiger partial charge is 0.338 e. The Morgan fingerprint density at radius 2 is 1.55 bits per heavy atom. The maximum atomic E-state index is 11.7. The number of esters is 1. The number of nitrogens with zero attached hydrogens (tertiary/aromatic N) is 3. The van der Waals surface area contributed by atoms with Gasteiger partial charge in [0.2, 0.25) is 11.9 Å². The summed E-state index contributed by atoms with van der Waals surface area (Å²) < 4.78 is 4.96. The van der Waals surface area contributed by atoms with Crippen molar-refractivity contribution in [3.63, 3.8) is 0 Å². The summed E-state index contributed by atoms with van der Waals surface area (Å²) in [6, 6.07) is 14.0. The van der Waals surface area contributed by atoms with Gasteiger partial charge in [0.05, 0.1) is 18.4 Å². The summed E-state index contributed by atoms with van der Waals surface area (Å²) >= 11 is 0. The van der Waals surface area contributed by atoms with E-state index in [0.29, 0.717) is 35.3 Å². The van der Waals surface area contributed by atoms with Crippen molar-refractivity contribution in [2.45, 2.75) is 13.8 Å². The van der Waals surface area contributed by atoms with Crippen LogP contribution in [0.15, 0.2) is 54.7 Å². The van der Waals surface area contributed by atoms with Crippen molar-refractivity contribution in [3.05, 3.63) is 60.3 Å². The van der Waals surface area contributed by atoms with Gasteiger partial charge in [-0.05, 0) is 55.5 Å². The highest BCUT2D eigenvalue weighted by Gasteiger charge is 2.07. The number of ether oxygens (including phenoxy) is 1. The second-order valence-electron chi connectivity index (χ2n) is 5.97. The van der Waals surface area contributed by atoms with Crippen LogP contribution in [0, 0.1) is 0 Å². The summed E-state index contributed by atoms with van der Waals surface area (Å²) in [7, 11) is 0. The molecule has 1 amide bonds. The minimum atomic E-state index is -0.368. The van der Waals surface area contributed by atoms with Crippen LogP contribution in [0.4, 0.5) is 28.8 Å². The Morgan fingerprint density at radius 1 is 0.931 bits per heavy atom. The average Bonchev–Trinajstić information content (AvgIpc) is 2.70. The molecule has 0 bridgehead atoms. The van der Waals surface area contributed by atoms with Crippen molar-refractivity contribution >= 4 is 40.7 Å². The fraction of sp³-hybridized carbons (Fsp3) is 0.150. The summed E-state index contributed by atoms with van der Waals surface area (Å²) in [6.07, 6.45) is 1.50. The van der Waals surface area contributed by atoms with Crippen molar-refractivity contribution < 1.29 is 14.3 Å². The molecule has 0 radical (unpaired) electrons. The van der Waals surface area contributed by atoms with E-state index in [2.05, 4.69) is 31.1 Å². The quantitative estimate of drug-likeness (QED) is 0.523. The van der Waals surface area contributed by atoms with Crippen molar-refractivity contribution in [1.29, 1.82) is 0 Å². The van der Waals surface area contributed by atoms with Crippen LogP contribution >= 0.6 is 0 Å². The van der Waals surface area contributed by atoms with Gasteiger partial charge in [0.15, 0.2) is 5.82 Å². The zero-order valence-corrected chi connectivity index (χ0v) is 16.0. The van der Waals surface area contributed by atoms with Crippen molar-refractivity contribution in [1.82, 2.24) is 15.2 Å². The van der Waals surface area contributed by atoms with Crippen molar-refractivity contribution in [2.24, 2.45) is 0 Å². The van der Waals surface area contributed by atoms with Crippen LogP contribution in [-0.4, -0.2) is 33.7 Å². The number of benzene rings is 2. The van der Waals surface area contributed by atoms with Gasteiger partial charge in [-0.2, -0.15) is 10.1 Å². The zero-order chi connectivity index (χ0) is 20.6. The number of amides is 1. The minimum Gasteiger partial charge on any atom is -0.462 e. The lowest BCUT2D eigenvalue weighted by Crippen LogP contribution is -2.06. The number of hydrogen-bond donors (Lipinski definition) is 3. The first-order valence-electron chi connectivity index (χ1n) is 8.92. The molecule has 0 spiro atoms. The summed E-state index contributed by atoms with van der Waals surface area (Å²) in [6.45, 7) is 3.54. The van der Waals surface area contributed by atoms with Gasteiger partial charge >= 0.3 is 5.97 Å². The van der Waals surface area contributed by atoms with E-state index in [-0.39, 0.29) is 11.9 Å². The lowest BCUT2D eigenvalue weighted by Gasteiger charge is -2.09. The lowest BCUT2D eigenvalue weighted by molar-refractivity contribution is -0.114. The van der Waals surface area contributed by atoms with Crippen molar-refractivity contribution in [2.75, 3.05) is 22.6 Å². The third-order valence-electron chi connectivity index (χ3n) is 3.69. The number of carbonyl (C=O) groups is 2. The standard InChI is InChI=1S/C20H20N6O3/c1-3-29-19(28)14-4-6-17(7-5-14)24-20-25-18(12-21-26-20)23-16-10-8-15(9-11-16)22-13(2)27/h4-12H,3H2,1-2H3,(H,22,27)(H2,23,24,25,26). The van der Waals surface area contributed by atoms with Crippen molar-refractivity contribution in [3.8, 4) is 0 Å². The molecule has 0 aliphatic heterocycles. The van der Waals surface area contributed by atoms with Gasteiger partial charge < -0.3 is 20.7 Å². The molecule has 3 N–H and O–H groups in total. The topological polar surface area (TPSA) is 118 Å². The largest absolute Gasteiger partial charge is 0.462 e. The Bertz CT molecular complexity index is 990. The number of carbonyl (C=O) groups excluding carboxylic acids is 2. The summed E-state index contributed by atoms with van der Waals surface area (Å²) in [5, 5.41) is 16.8. The van der Waals surface area contributed by atoms with Gasteiger partial charge in [-0.3, -0.25) is 4.79 Å². The minimum absolute atomic E-state index is 0.128. The van der Waals surface area contributed by atoms with Gasteiger partial charge in [-0.25, -0.2) is 4.79 Å². The predicted molar refractivity (Wildman–Crippen MR) is 110 cm³/mol. The number of anilines is 5. The van der Waals surface area contributed by atoms with Crippen LogP contribution in [0.1, 0.15) is 24.2 Å². The average molecular weight is 392 g/mol. The van der Waals surface area contributed by atoms with E-state index in [1.54, 1.807) is 43.3 Å². The van der Waals surface area contributed by atoms with Gasteiger partial charge in [-0.15, -0.1) is 5.10 Å². The predicted octanol–water partition coefficient (Wildman–Crippen LogP) is 3.49. The molecule has 9 heteroatoms. The fourth-order valence-corrected chi connectivity index (χ4v) is 2.44. The summed E-state index contributed by atoms with van der Waals surface area (Å²) in [5.41, 5.74) is 2.66. The molecule has 0 aliphatic carbocycles. The molecule has 0 saturated heterocycles. The maximum absolute atomic E-state index is 11.7. The van der Waals surface area contributed by atoms with Crippen LogP contribution in [0.3, 0.4) is 0 Å². The van der Waals surface area contributed by atoms with Gasteiger partial charge in [0.1, 0.15) is 0 Å². The molecular formula is C20H20N6O3. The molecular weight excluding hydrogens is 372 g/mol. The first-order chi connectivity index (χ1) is 14.0. The van der Waals surface area contributed by atoms with Gasteiger partial charge in [0, 0.05) is 24.0 Å². The number of nitrogens with one attached hydrogen (secondary N) is 3. The normalized spacial score (nSPS) is 10.1. The Kier molecular flexibility index (Phi) is 6.31. The Morgan fingerprint density at radius 3 is 2.21 bits per heavy atom. The fourth-order valence-electron chi connectivity index (χ4n) is 2.44. The summed E-state index contributed by atoms with van der Waals surface area (Å²) in [5.74, 6) is 0.302. The highest BCUT2D eigenvalue weighted by Crippen LogP contribution is 2.19.